The number of hydrogen-bond donors (Lipinski definition) is 1. The Balaban J connectivity index is 2.39. The standard InChI is InChI=1S/C12H22N2OS/c1-4-7-13-9-11-10(3)14-12(16-11)6-8-15-5-2/h13H,4-9H2,1-3H3. The summed E-state index contributed by atoms with van der Waals surface area (Å²) in [5, 5.41) is 4.61. The molecule has 1 aromatic rings. The second kappa shape index (κ2) is 7.76. The molecule has 1 heterocycles. The van der Waals surface area contributed by atoms with E-state index in [1.54, 1.807) is 11.3 Å². The van der Waals surface area contributed by atoms with E-state index in [2.05, 4.69) is 24.1 Å². The molecule has 0 unspecified atom stereocenters. The molecule has 0 radical (unpaired) electrons. The zero-order valence-corrected chi connectivity index (χ0v) is 11.3. The summed E-state index contributed by atoms with van der Waals surface area (Å²) in [5.41, 5.74) is 1.17. The monoisotopic (exact) mass is 242 g/mol. The Hall–Kier alpha value is -0.450. The summed E-state index contributed by atoms with van der Waals surface area (Å²) < 4.78 is 5.34. The van der Waals surface area contributed by atoms with E-state index in [0.717, 1.165) is 32.7 Å². The summed E-state index contributed by atoms with van der Waals surface area (Å²) in [6, 6.07) is 0. The molecule has 0 aliphatic rings. The van der Waals surface area contributed by atoms with Crippen molar-refractivity contribution < 1.29 is 4.74 Å². The molecule has 1 N–H and O–H groups in total. The highest BCUT2D eigenvalue weighted by Crippen LogP contribution is 2.18. The number of aromatic nitrogens is 1. The van der Waals surface area contributed by atoms with Gasteiger partial charge in [0.25, 0.3) is 0 Å². The van der Waals surface area contributed by atoms with Crippen molar-refractivity contribution in [3.8, 4) is 0 Å². The van der Waals surface area contributed by atoms with E-state index in [0.29, 0.717) is 0 Å². The zero-order valence-electron chi connectivity index (χ0n) is 10.5. The third-order valence-electron chi connectivity index (χ3n) is 2.31. The van der Waals surface area contributed by atoms with E-state index in [4.69, 9.17) is 4.74 Å². The minimum absolute atomic E-state index is 0.783. The van der Waals surface area contributed by atoms with Crippen LogP contribution >= 0.6 is 11.3 Å². The number of ether oxygens (including phenoxy) is 1. The largest absolute Gasteiger partial charge is 0.381 e. The Morgan fingerprint density at radius 1 is 1.38 bits per heavy atom. The first kappa shape index (κ1) is 13.6. The van der Waals surface area contributed by atoms with Crippen LogP contribution in [0, 0.1) is 6.92 Å². The Morgan fingerprint density at radius 2 is 2.19 bits per heavy atom. The fraction of sp³-hybridized carbons (Fsp3) is 0.750. The highest BCUT2D eigenvalue weighted by Gasteiger charge is 2.06. The van der Waals surface area contributed by atoms with Crippen LogP contribution in [0.3, 0.4) is 0 Å². The van der Waals surface area contributed by atoms with Crippen LogP contribution in [0.4, 0.5) is 0 Å². The smallest absolute Gasteiger partial charge is 0.0954 e. The minimum Gasteiger partial charge on any atom is -0.381 e. The third kappa shape index (κ3) is 4.60. The minimum atomic E-state index is 0.783. The van der Waals surface area contributed by atoms with Gasteiger partial charge in [-0.2, -0.15) is 0 Å². The lowest BCUT2D eigenvalue weighted by atomic mass is 10.4. The molecule has 4 heteroatoms. The lowest BCUT2D eigenvalue weighted by molar-refractivity contribution is 0.151. The maximum atomic E-state index is 5.34. The highest BCUT2D eigenvalue weighted by atomic mass is 32.1. The van der Waals surface area contributed by atoms with Gasteiger partial charge in [-0.3, -0.25) is 0 Å². The fourth-order valence-corrected chi connectivity index (χ4v) is 2.46. The number of hydrogen-bond acceptors (Lipinski definition) is 4. The summed E-state index contributed by atoms with van der Waals surface area (Å²) in [6.07, 6.45) is 2.11. The van der Waals surface area contributed by atoms with Gasteiger partial charge in [0.15, 0.2) is 0 Å². The van der Waals surface area contributed by atoms with E-state index in [9.17, 15) is 0 Å². The van der Waals surface area contributed by atoms with Crippen LogP contribution in [0.5, 0.6) is 0 Å². The first-order valence-electron chi connectivity index (χ1n) is 6.01. The fourth-order valence-electron chi connectivity index (χ4n) is 1.44. The number of rotatable bonds is 8. The second-order valence-corrected chi connectivity index (χ2v) is 4.91. The lowest BCUT2D eigenvalue weighted by Crippen LogP contribution is -2.13. The number of thiazole rings is 1. The van der Waals surface area contributed by atoms with Crippen molar-refractivity contribution in [2.24, 2.45) is 0 Å². The van der Waals surface area contributed by atoms with Crippen molar-refractivity contribution in [3.05, 3.63) is 15.6 Å². The molecule has 0 spiro atoms. The van der Waals surface area contributed by atoms with Crippen molar-refractivity contribution in [2.45, 2.75) is 40.2 Å². The molecule has 0 atom stereocenters. The molecule has 1 aromatic heterocycles. The highest BCUT2D eigenvalue weighted by molar-refractivity contribution is 7.11. The molecule has 0 fully saturated rings. The summed E-state index contributed by atoms with van der Waals surface area (Å²) in [6.45, 7) is 9.88. The van der Waals surface area contributed by atoms with Crippen molar-refractivity contribution in [2.75, 3.05) is 19.8 Å². The molecule has 0 saturated heterocycles. The molecular weight excluding hydrogens is 220 g/mol. The van der Waals surface area contributed by atoms with E-state index >= 15 is 0 Å². The lowest BCUT2D eigenvalue weighted by Gasteiger charge is -1.99. The molecule has 0 aromatic carbocycles. The van der Waals surface area contributed by atoms with Crippen molar-refractivity contribution in [1.82, 2.24) is 10.3 Å². The number of nitrogens with one attached hydrogen (secondary N) is 1. The number of nitrogens with zero attached hydrogens (tertiary/aromatic N) is 1. The quantitative estimate of drug-likeness (QED) is 0.711. The van der Waals surface area contributed by atoms with Gasteiger partial charge in [-0.25, -0.2) is 4.98 Å². The average Bonchev–Trinajstić information content (AvgIpc) is 2.61. The van der Waals surface area contributed by atoms with Crippen LogP contribution in [-0.4, -0.2) is 24.7 Å². The summed E-state index contributed by atoms with van der Waals surface area (Å²) in [7, 11) is 0. The predicted octanol–water partition coefficient (Wildman–Crippen LogP) is 2.53. The Labute approximate surface area is 102 Å². The normalized spacial score (nSPS) is 10.9. The van der Waals surface area contributed by atoms with E-state index < -0.39 is 0 Å². The van der Waals surface area contributed by atoms with Gasteiger partial charge in [-0.05, 0) is 26.8 Å². The van der Waals surface area contributed by atoms with Gasteiger partial charge in [0, 0.05) is 24.4 Å². The molecule has 92 valence electrons. The Kier molecular flexibility index (Phi) is 6.61. The summed E-state index contributed by atoms with van der Waals surface area (Å²) in [5.74, 6) is 0. The van der Waals surface area contributed by atoms with Crippen molar-refractivity contribution in [1.29, 1.82) is 0 Å². The van der Waals surface area contributed by atoms with Crippen LogP contribution in [-0.2, 0) is 17.7 Å². The van der Waals surface area contributed by atoms with Crippen LogP contribution in [0.15, 0.2) is 0 Å². The third-order valence-corrected chi connectivity index (χ3v) is 3.53. The van der Waals surface area contributed by atoms with Crippen molar-refractivity contribution >= 4 is 11.3 Å². The second-order valence-electron chi connectivity index (χ2n) is 3.74. The molecule has 0 amide bonds. The van der Waals surface area contributed by atoms with Gasteiger partial charge in [0.2, 0.25) is 0 Å². The molecule has 3 nitrogen and oxygen atoms in total. The molecule has 16 heavy (non-hydrogen) atoms. The zero-order chi connectivity index (χ0) is 11.8. The van der Waals surface area contributed by atoms with Gasteiger partial charge < -0.3 is 10.1 Å². The maximum absolute atomic E-state index is 5.34. The molecule has 1 rings (SSSR count). The van der Waals surface area contributed by atoms with Gasteiger partial charge in [0.1, 0.15) is 0 Å². The Morgan fingerprint density at radius 3 is 2.88 bits per heavy atom. The van der Waals surface area contributed by atoms with E-state index in [-0.39, 0.29) is 0 Å². The Bertz CT molecular complexity index is 299. The molecular formula is C12H22N2OS. The summed E-state index contributed by atoms with van der Waals surface area (Å²) >= 11 is 1.81. The van der Waals surface area contributed by atoms with Crippen molar-refractivity contribution in [3.63, 3.8) is 0 Å². The van der Waals surface area contributed by atoms with Gasteiger partial charge in [0.05, 0.1) is 17.3 Å². The van der Waals surface area contributed by atoms with Crippen LogP contribution < -0.4 is 5.32 Å². The van der Waals surface area contributed by atoms with Crippen LogP contribution in [0.2, 0.25) is 0 Å². The van der Waals surface area contributed by atoms with Crippen LogP contribution in [0.25, 0.3) is 0 Å². The number of aryl methyl sites for hydroxylation is 1. The average molecular weight is 242 g/mol. The maximum Gasteiger partial charge on any atom is 0.0954 e. The molecule has 0 aliphatic carbocycles. The van der Waals surface area contributed by atoms with Crippen LogP contribution in [0.1, 0.15) is 35.8 Å². The molecule has 0 saturated carbocycles. The van der Waals surface area contributed by atoms with Gasteiger partial charge >= 0.3 is 0 Å². The van der Waals surface area contributed by atoms with Gasteiger partial charge in [-0.15, -0.1) is 11.3 Å². The first-order valence-corrected chi connectivity index (χ1v) is 6.83. The van der Waals surface area contributed by atoms with E-state index in [1.165, 1.54) is 22.0 Å². The predicted molar refractivity (Wildman–Crippen MR) is 69.0 cm³/mol. The SMILES string of the molecule is CCCNCc1sc(CCOCC)nc1C. The van der Waals surface area contributed by atoms with Gasteiger partial charge in [-0.1, -0.05) is 6.92 Å². The van der Waals surface area contributed by atoms with E-state index in [1.807, 2.05) is 6.92 Å². The first-order chi connectivity index (χ1) is 7.77. The molecule has 0 bridgehead atoms. The summed E-state index contributed by atoms with van der Waals surface area (Å²) in [4.78, 5) is 5.92. The topological polar surface area (TPSA) is 34.1 Å². The molecule has 0 aliphatic heterocycles.